The fraction of sp³-hybridized carbons (Fsp3) is 0.143. The van der Waals surface area contributed by atoms with Gasteiger partial charge in [0.2, 0.25) is 5.88 Å². The molecule has 4 aromatic rings. The first-order valence-electron chi connectivity index (χ1n) is 9.20. The number of benzene rings is 1. The van der Waals surface area contributed by atoms with Crippen LogP contribution in [0.4, 0.5) is 14.6 Å². The molecule has 4 rings (SSSR count). The molecule has 158 valence electrons. The van der Waals surface area contributed by atoms with Crippen LogP contribution < -0.4 is 10.5 Å². The summed E-state index contributed by atoms with van der Waals surface area (Å²) < 4.78 is 36.5. The number of fused-ring (bicyclic) bond motifs is 1. The van der Waals surface area contributed by atoms with E-state index in [4.69, 9.17) is 10.5 Å². The number of hydrogen-bond donors (Lipinski definition) is 1. The Balaban J connectivity index is 1.87. The van der Waals surface area contributed by atoms with Crippen LogP contribution in [0.5, 0.6) is 5.88 Å². The van der Waals surface area contributed by atoms with Crippen LogP contribution >= 0.6 is 0 Å². The second-order valence-electron chi connectivity index (χ2n) is 6.52. The molecule has 0 saturated heterocycles. The first-order chi connectivity index (χ1) is 14.9. The van der Waals surface area contributed by atoms with E-state index >= 15 is 0 Å². The van der Waals surface area contributed by atoms with Crippen molar-refractivity contribution in [2.24, 2.45) is 0 Å². The zero-order chi connectivity index (χ0) is 22.0. The molecule has 3 heterocycles. The number of carbonyl (C=O) groups excluding carboxylic acids is 1. The van der Waals surface area contributed by atoms with E-state index in [1.165, 1.54) is 13.0 Å². The molecule has 0 aliphatic carbocycles. The number of imidazole rings is 1. The minimum atomic E-state index is -3.00. The summed E-state index contributed by atoms with van der Waals surface area (Å²) in [6, 6.07) is 13.4. The predicted octanol–water partition coefficient (Wildman–Crippen LogP) is 3.73. The Morgan fingerprint density at radius 2 is 1.90 bits per heavy atom. The van der Waals surface area contributed by atoms with E-state index in [0.717, 1.165) is 5.56 Å². The number of halogens is 2. The monoisotopic (exact) mass is 425 g/mol. The number of pyridine rings is 2. The van der Waals surface area contributed by atoms with Crippen LogP contribution in [0.1, 0.15) is 12.5 Å². The molecular formula is C21H17F2N5O3. The highest BCUT2D eigenvalue weighted by Crippen LogP contribution is 2.31. The van der Waals surface area contributed by atoms with Crippen molar-refractivity contribution in [2.75, 3.05) is 5.73 Å². The number of alkyl halides is 2. The fourth-order valence-electron chi connectivity index (χ4n) is 3.05. The summed E-state index contributed by atoms with van der Waals surface area (Å²) in [5.41, 5.74) is 8.81. The number of nitrogens with zero attached hydrogens (tertiary/aromatic N) is 4. The molecule has 0 aliphatic rings. The second kappa shape index (κ2) is 8.34. The van der Waals surface area contributed by atoms with Gasteiger partial charge in [0, 0.05) is 24.9 Å². The van der Waals surface area contributed by atoms with Crippen LogP contribution in [-0.2, 0) is 16.1 Å². The quantitative estimate of drug-likeness (QED) is 0.469. The van der Waals surface area contributed by atoms with E-state index < -0.39 is 6.61 Å². The topological polar surface area (TPSA) is 105 Å². The molecule has 0 radical (unpaired) electrons. The zero-order valence-corrected chi connectivity index (χ0v) is 16.3. The van der Waals surface area contributed by atoms with Crippen LogP contribution in [0.25, 0.3) is 28.2 Å². The number of rotatable bonds is 6. The Morgan fingerprint density at radius 1 is 1.13 bits per heavy atom. The number of anilines is 1. The van der Waals surface area contributed by atoms with Crippen molar-refractivity contribution in [3.63, 3.8) is 0 Å². The molecule has 0 atom stereocenters. The van der Waals surface area contributed by atoms with E-state index in [0.29, 0.717) is 28.2 Å². The van der Waals surface area contributed by atoms with Gasteiger partial charge in [-0.05, 0) is 35.9 Å². The predicted molar refractivity (Wildman–Crippen MR) is 109 cm³/mol. The third-order valence-corrected chi connectivity index (χ3v) is 4.40. The Labute approximate surface area is 175 Å². The molecule has 0 saturated carbocycles. The summed E-state index contributed by atoms with van der Waals surface area (Å²) in [6.07, 6.45) is 1.56. The van der Waals surface area contributed by atoms with Crippen LogP contribution in [0, 0.1) is 0 Å². The lowest BCUT2D eigenvalue weighted by Gasteiger charge is -2.11. The SMILES string of the molecule is CC(=O)OCc1ccc(-n2c(-c3cccnc3N)nc3ccc(OC(F)F)nc32)cc1. The maximum atomic E-state index is 12.7. The summed E-state index contributed by atoms with van der Waals surface area (Å²) in [4.78, 5) is 23.9. The summed E-state index contributed by atoms with van der Waals surface area (Å²) in [5, 5.41) is 0. The number of nitrogens with two attached hydrogens (primary N) is 1. The molecule has 31 heavy (non-hydrogen) atoms. The Morgan fingerprint density at radius 3 is 2.58 bits per heavy atom. The van der Waals surface area contributed by atoms with Gasteiger partial charge in [0.25, 0.3) is 0 Å². The van der Waals surface area contributed by atoms with Crippen LogP contribution in [-0.4, -0.2) is 32.1 Å². The molecule has 8 nitrogen and oxygen atoms in total. The summed E-state index contributed by atoms with van der Waals surface area (Å²) in [5.74, 6) is 0.0836. The molecule has 0 fully saturated rings. The Kier molecular flexibility index (Phi) is 5.44. The first kappa shape index (κ1) is 20.2. The van der Waals surface area contributed by atoms with Gasteiger partial charge >= 0.3 is 12.6 Å². The number of hydrogen-bond acceptors (Lipinski definition) is 7. The standard InChI is InChI=1S/C21H17F2N5O3/c1-12(29)30-11-13-4-6-14(7-5-13)28-19(15-3-2-10-25-18(15)24)26-16-8-9-17(27-20(16)28)31-21(22)23/h2-10,21H,11H2,1H3,(H2,24,25). The minimum absolute atomic E-state index is 0.132. The number of carbonyl (C=O) groups is 1. The molecule has 0 spiro atoms. The van der Waals surface area contributed by atoms with Crippen molar-refractivity contribution in [3.8, 4) is 23.0 Å². The van der Waals surface area contributed by atoms with Crippen molar-refractivity contribution < 1.29 is 23.0 Å². The summed E-state index contributed by atoms with van der Waals surface area (Å²) in [6.45, 7) is -1.54. The van der Waals surface area contributed by atoms with Gasteiger partial charge in [-0.25, -0.2) is 9.97 Å². The zero-order valence-electron chi connectivity index (χ0n) is 16.3. The lowest BCUT2D eigenvalue weighted by atomic mass is 10.2. The van der Waals surface area contributed by atoms with E-state index in [1.54, 1.807) is 53.2 Å². The fourth-order valence-corrected chi connectivity index (χ4v) is 3.05. The Bertz CT molecular complexity index is 1240. The maximum absolute atomic E-state index is 12.7. The van der Waals surface area contributed by atoms with Gasteiger partial charge < -0.3 is 15.2 Å². The number of ether oxygens (including phenoxy) is 2. The Hall–Kier alpha value is -4.08. The van der Waals surface area contributed by atoms with E-state index in [1.807, 2.05) is 0 Å². The van der Waals surface area contributed by atoms with E-state index in [2.05, 4.69) is 19.7 Å². The van der Waals surface area contributed by atoms with Gasteiger partial charge in [0.05, 0.1) is 5.56 Å². The van der Waals surface area contributed by atoms with Crippen LogP contribution in [0.2, 0.25) is 0 Å². The smallest absolute Gasteiger partial charge is 0.388 e. The van der Waals surface area contributed by atoms with Gasteiger partial charge in [-0.1, -0.05) is 12.1 Å². The van der Waals surface area contributed by atoms with Gasteiger partial charge in [-0.15, -0.1) is 0 Å². The van der Waals surface area contributed by atoms with E-state index in [9.17, 15) is 13.6 Å². The maximum Gasteiger partial charge on any atom is 0.388 e. The van der Waals surface area contributed by atoms with E-state index in [-0.39, 0.29) is 24.3 Å². The van der Waals surface area contributed by atoms with Gasteiger partial charge in [-0.2, -0.15) is 13.8 Å². The minimum Gasteiger partial charge on any atom is -0.461 e. The third kappa shape index (κ3) is 4.27. The number of esters is 1. The average molecular weight is 425 g/mol. The van der Waals surface area contributed by atoms with Gasteiger partial charge in [0.15, 0.2) is 11.5 Å². The lowest BCUT2D eigenvalue weighted by molar-refractivity contribution is -0.142. The highest BCUT2D eigenvalue weighted by Gasteiger charge is 2.19. The van der Waals surface area contributed by atoms with Crippen molar-refractivity contribution >= 4 is 23.0 Å². The van der Waals surface area contributed by atoms with Crippen molar-refractivity contribution in [2.45, 2.75) is 20.1 Å². The molecule has 0 amide bonds. The average Bonchev–Trinajstić information content (AvgIpc) is 3.11. The van der Waals surface area contributed by atoms with Crippen molar-refractivity contribution in [3.05, 3.63) is 60.3 Å². The molecule has 2 N–H and O–H groups in total. The lowest BCUT2D eigenvalue weighted by Crippen LogP contribution is -2.05. The highest BCUT2D eigenvalue weighted by atomic mass is 19.3. The highest BCUT2D eigenvalue weighted by molar-refractivity contribution is 5.83. The molecule has 10 heteroatoms. The first-order valence-corrected chi connectivity index (χ1v) is 9.20. The molecule has 0 bridgehead atoms. The second-order valence-corrected chi connectivity index (χ2v) is 6.52. The largest absolute Gasteiger partial charge is 0.461 e. The molecular weight excluding hydrogens is 408 g/mol. The molecule has 0 aliphatic heterocycles. The number of aromatic nitrogens is 4. The molecule has 1 aromatic carbocycles. The van der Waals surface area contributed by atoms with Crippen LogP contribution in [0.3, 0.4) is 0 Å². The molecule has 3 aromatic heterocycles. The summed E-state index contributed by atoms with van der Waals surface area (Å²) in [7, 11) is 0. The van der Waals surface area contributed by atoms with Gasteiger partial charge in [-0.3, -0.25) is 9.36 Å². The number of nitrogen functional groups attached to an aromatic ring is 1. The van der Waals surface area contributed by atoms with Gasteiger partial charge in [0.1, 0.15) is 17.9 Å². The van der Waals surface area contributed by atoms with Crippen molar-refractivity contribution in [1.82, 2.24) is 19.5 Å². The third-order valence-electron chi connectivity index (χ3n) is 4.40. The normalized spacial score (nSPS) is 11.1. The van der Waals surface area contributed by atoms with Crippen LogP contribution in [0.15, 0.2) is 54.7 Å². The summed E-state index contributed by atoms with van der Waals surface area (Å²) >= 11 is 0. The molecule has 0 unspecified atom stereocenters. The van der Waals surface area contributed by atoms with Crippen molar-refractivity contribution in [1.29, 1.82) is 0 Å².